The van der Waals surface area contributed by atoms with Crippen LogP contribution in [-0.2, 0) is 11.3 Å². The number of rotatable bonds is 5. The van der Waals surface area contributed by atoms with Gasteiger partial charge >= 0.3 is 0 Å². The van der Waals surface area contributed by atoms with Gasteiger partial charge in [-0.25, -0.2) is 0 Å². The van der Waals surface area contributed by atoms with Gasteiger partial charge in [-0.1, -0.05) is 18.6 Å². The number of piperidine rings is 1. The molecular weight excluding hydrogens is 344 g/mol. The van der Waals surface area contributed by atoms with Crippen molar-refractivity contribution in [2.75, 3.05) is 20.2 Å². The molecule has 7 nitrogen and oxygen atoms in total. The Balaban J connectivity index is 1.47. The van der Waals surface area contributed by atoms with Crippen LogP contribution in [0, 0.1) is 0 Å². The van der Waals surface area contributed by atoms with Crippen molar-refractivity contribution in [3.63, 3.8) is 0 Å². The molecule has 2 aromatic rings. The zero-order valence-electron chi connectivity index (χ0n) is 15.7. The number of carbonyl (C=O) groups excluding carboxylic acids is 1. The van der Waals surface area contributed by atoms with Gasteiger partial charge in [0, 0.05) is 25.8 Å². The molecule has 2 fully saturated rings. The third-order valence-corrected chi connectivity index (χ3v) is 5.39. The molecule has 1 aromatic carbocycles. The predicted octanol–water partition coefficient (Wildman–Crippen LogP) is 3.01. The monoisotopic (exact) mass is 370 g/mol. The number of nitrogens with zero attached hydrogens (tertiary/aromatic N) is 3. The fraction of sp³-hybridized carbons (Fsp3) is 0.550. The van der Waals surface area contributed by atoms with Crippen molar-refractivity contribution < 1.29 is 13.9 Å². The maximum absolute atomic E-state index is 11.7. The maximum Gasteiger partial charge on any atom is 0.251 e. The van der Waals surface area contributed by atoms with Gasteiger partial charge in [-0.15, -0.1) is 10.2 Å². The number of benzene rings is 1. The molecule has 27 heavy (non-hydrogen) atoms. The Morgan fingerprint density at radius 2 is 1.96 bits per heavy atom. The Labute approximate surface area is 159 Å². The van der Waals surface area contributed by atoms with Gasteiger partial charge in [-0.2, -0.15) is 0 Å². The standard InChI is InChI=1S/C20H26N4O3/c1-21-18(25)15-9-7-14(8-10-15)13-24-11-3-2-5-16(24)19-22-23-20(27-19)17-6-4-12-26-17/h7-10,16-17H,2-6,11-13H2,1H3,(H,21,25)/t16-,17-/m1/s1. The fourth-order valence-corrected chi connectivity index (χ4v) is 3.88. The molecule has 2 saturated heterocycles. The summed E-state index contributed by atoms with van der Waals surface area (Å²) >= 11 is 0. The van der Waals surface area contributed by atoms with E-state index in [1.165, 1.54) is 12.0 Å². The first kappa shape index (κ1) is 18.1. The normalized spacial score (nSPS) is 23.4. The molecule has 3 heterocycles. The van der Waals surface area contributed by atoms with E-state index in [2.05, 4.69) is 20.4 Å². The fourth-order valence-electron chi connectivity index (χ4n) is 3.88. The highest BCUT2D eigenvalue weighted by Crippen LogP contribution is 2.34. The summed E-state index contributed by atoms with van der Waals surface area (Å²) in [6, 6.07) is 7.91. The molecule has 144 valence electrons. The molecule has 1 amide bonds. The van der Waals surface area contributed by atoms with Gasteiger partial charge in [0.2, 0.25) is 11.8 Å². The van der Waals surface area contributed by atoms with Crippen LogP contribution in [0.4, 0.5) is 0 Å². The number of ether oxygens (including phenoxy) is 1. The second-order valence-corrected chi connectivity index (χ2v) is 7.24. The highest BCUT2D eigenvalue weighted by Gasteiger charge is 2.31. The number of hydrogen-bond acceptors (Lipinski definition) is 6. The molecule has 0 bridgehead atoms. The van der Waals surface area contributed by atoms with E-state index in [0.717, 1.165) is 45.4 Å². The predicted molar refractivity (Wildman–Crippen MR) is 99.1 cm³/mol. The molecule has 0 aliphatic carbocycles. The zero-order chi connectivity index (χ0) is 18.6. The van der Waals surface area contributed by atoms with Crippen LogP contribution in [0.3, 0.4) is 0 Å². The molecule has 0 radical (unpaired) electrons. The first-order chi connectivity index (χ1) is 13.2. The smallest absolute Gasteiger partial charge is 0.251 e. The average molecular weight is 370 g/mol. The number of likely N-dealkylation sites (tertiary alicyclic amines) is 1. The minimum Gasteiger partial charge on any atom is -0.421 e. The van der Waals surface area contributed by atoms with E-state index < -0.39 is 0 Å². The van der Waals surface area contributed by atoms with Crippen molar-refractivity contribution in [1.82, 2.24) is 20.4 Å². The highest BCUT2D eigenvalue weighted by atomic mass is 16.5. The van der Waals surface area contributed by atoms with Crippen LogP contribution in [0.25, 0.3) is 0 Å². The van der Waals surface area contributed by atoms with Crippen molar-refractivity contribution in [1.29, 1.82) is 0 Å². The van der Waals surface area contributed by atoms with Crippen molar-refractivity contribution >= 4 is 5.91 Å². The second-order valence-electron chi connectivity index (χ2n) is 7.24. The van der Waals surface area contributed by atoms with Crippen LogP contribution in [0.5, 0.6) is 0 Å². The summed E-state index contributed by atoms with van der Waals surface area (Å²) < 4.78 is 11.7. The molecule has 4 rings (SSSR count). The summed E-state index contributed by atoms with van der Waals surface area (Å²) in [5, 5.41) is 11.2. The lowest BCUT2D eigenvalue weighted by Crippen LogP contribution is -2.33. The number of amides is 1. The summed E-state index contributed by atoms with van der Waals surface area (Å²) in [5.74, 6) is 1.25. The molecule has 2 atom stereocenters. The molecule has 0 unspecified atom stereocenters. The number of aromatic nitrogens is 2. The SMILES string of the molecule is CNC(=O)c1ccc(CN2CCCC[C@@H]2c2nnc([C@H]3CCCO3)o2)cc1. The summed E-state index contributed by atoms with van der Waals surface area (Å²) in [7, 11) is 1.64. The summed E-state index contributed by atoms with van der Waals surface area (Å²) in [4.78, 5) is 14.1. The van der Waals surface area contributed by atoms with E-state index in [1.54, 1.807) is 7.05 Å². The molecule has 0 spiro atoms. The third-order valence-electron chi connectivity index (χ3n) is 5.39. The number of nitrogens with one attached hydrogen (secondary N) is 1. The van der Waals surface area contributed by atoms with E-state index in [-0.39, 0.29) is 18.1 Å². The van der Waals surface area contributed by atoms with E-state index in [0.29, 0.717) is 17.3 Å². The molecule has 2 aliphatic rings. The molecule has 7 heteroatoms. The van der Waals surface area contributed by atoms with Crippen LogP contribution in [-0.4, -0.2) is 41.2 Å². The van der Waals surface area contributed by atoms with Crippen molar-refractivity contribution in [3.05, 3.63) is 47.2 Å². The number of hydrogen-bond donors (Lipinski definition) is 1. The summed E-state index contributed by atoms with van der Waals surface area (Å²) in [6.45, 7) is 2.57. The van der Waals surface area contributed by atoms with Gasteiger partial charge in [0.25, 0.3) is 5.91 Å². The van der Waals surface area contributed by atoms with Gasteiger partial charge < -0.3 is 14.5 Å². The van der Waals surface area contributed by atoms with Crippen LogP contribution < -0.4 is 5.32 Å². The van der Waals surface area contributed by atoms with Crippen LogP contribution in [0.2, 0.25) is 0 Å². The minimum atomic E-state index is -0.0649. The van der Waals surface area contributed by atoms with Gasteiger partial charge in [-0.3, -0.25) is 9.69 Å². The molecule has 2 aliphatic heterocycles. The Kier molecular flexibility index (Phi) is 5.50. The lowest BCUT2D eigenvalue weighted by atomic mass is 10.0. The largest absolute Gasteiger partial charge is 0.421 e. The van der Waals surface area contributed by atoms with Gasteiger partial charge in [0.05, 0.1) is 6.04 Å². The molecule has 1 aromatic heterocycles. The Morgan fingerprint density at radius 3 is 2.70 bits per heavy atom. The molecule has 1 N–H and O–H groups in total. The second kappa shape index (κ2) is 8.19. The van der Waals surface area contributed by atoms with Crippen molar-refractivity contribution in [3.8, 4) is 0 Å². The van der Waals surface area contributed by atoms with E-state index >= 15 is 0 Å². The Bertz CT molecular complexity index is 768. The van der Waals surface area contributed by atoms with Crippen LogP contribution in [0.1, 0.15) is 72.0 Å². The minimum absolute atomic E-state index is 0.0412. The van der Waals surface area contributed by atoms with E-state index in [1.807, 2.05) is 24.3 Å². The van der Waals surface area contributed by atoms with Crippen molar-refractivity contribution in [2.45, 2.75) is 50.8 Å². The topological polar surface area (TPSA) is 80.5 Å². The first-order valence-corrected chi connectivity index (χ1v) is 9.74. The van der Waals surface area contributed by atoms with Gasteiger partial charge in [0.15, 0.2) is 0 Å². The molecule has 0 saturated carbocycles. The van der Waals surface area contributed by atoms with Crippen LogP contribution >= 0.6 is 0 Å². The highest BCUT2D eigenvalue weighted by molar-refractivity contribution is 5.93. The van der Waals surface area contributed by atoms with E-state index in [4.69, 9.17) is 9.15 Å². The average Bonchev–Trinajstić information content (AvgIpc) is 3.40. The lowest BCUT2D eigenvalue weighted by molar-refractivity contribution is 0.0795. The Morgan fingerprint density at radius 1 is 1.15 bits per heavy atom. The third kappa shape index (κ3) is 4.04. The van der Waals surface area contributed by atoms with Gasteiger partial charge in [0.1, 0.15) is 6.10 Å². The summed E-state index contributed by atoms with van der Waals surface area (Å²) in [5.41, 5.74) is 1.85. The zero-order valence-corrected chi connectivity index (χ0v) is 15.7. The van der Waals surface area contributed by atoms with Gasteiger partial charge in [-0.05, 0) is 49.9 Å². The quantitative estimate of drug-likeness (QED) is 0.871. The lowest BCUT2D eigenvalue weighted by Gasteiger charge is -2.33. The number of carbonyl (C=O) groups is 1. The first-order valence-electron chi connectivity index (χ1n) is 9.74. The van der Waals surface area contributed by atoms with Crippen LogP contribution in [0.15, 0.2) is 28.7 Å². The Hall–Kier alpha value is -2.25. The van der Waals surface area contributed by atoms with Crippen molar-refractivity contribution in [2.24, 2.45) is 0 Å². The maximum atomic E-state index is 11.7. The van der Waals surface area contributed by atoms with E-state index in [9.17, 15) is 4.79 Å². The summed E-state index contributed by atoms with van der Waals surface area (Å²) in [6.07, 6.45) is 5.30. The molecular formula is C20H26N4O3.